The topological polar surface area (TPSA) is 44.4 Å². The van der Waals surface area contributed by atoms with Crippen LogP contribution in [0.5, 0.6) is 0 Å². The number of piperidine rings is 1. The van der Waals surface area contributed by atoms with E-state index in [2.05, 4.69) is 10.6 Å². The molecule has 2 rings (SSSR count). The molecule has 18 heavy (non-hydrogen) atoms. The lowest BCUT2D eigenvalue weighted by Gasteiger charge is -2.31. The quantitative estimate of drug-likeness (QED) is 0.843. The van der Waals surface area contributed by atoms with Crippen molar-refractivity contribution in [1.29, 1.82) is 0 Å². The molecule has 0 aromatic heterocycles. The van der Waals surface area contributed by atoms with Crippen LogP contribution in [0.15, 0.2) is 30.3 Å². The molecule has 0 bridgehead atoms. The Morgan fingerprint density at radius 2 is 2.00 bits per heavy atom. The van der Waals surface area contributed by atoms with Crippen LogP contribution in [0, 0.1) is 0 Å². The van der Waals surface area contributed by atoms with Crippen LogP contribution in [0.4, 0.5) is 5.69 Å². The summed E-state index contributed by atoms with van der Waals surface area (Å²) in [5, 5.41) is 6.47. The van der Waals surface area contributed by atoms with Gasteiger partial charge in [-0.05, 0) is 38.1 Å². The third kappa shape index (κ3) is 3.47. The molecular formula is C14H21N3O. The summed E-state index contributed by atoms with van der Waals surface area (Å²) in [4.78, 5) is 13.9. The van der Waals surface area contributed by atoms with E-state index >= 15 is 0 Å². The number of anilines is 1. The van der Waals surface area contributed by atoms with Gasteiger partial charge >= 0.3 is 0 Å². The molecule has 1 amide bonds. The fourth-order valence-corrected chi connectivity index (χ4v) is 2.26. The maximum atomic E-state index is 12.1. The SMILES string of the molecule is CN(C(=O)CNc1ccccc1)C1CCNCC1. The minimum Gasteiger partial charge on any atom is -0.376 e. The smallest absolute Gasteiger partial charge is 0.241 e. The largest absolute Gasteiger partial charge is 0.376 e. The molecule has 4 heteroatoms. The van der Waals surface area contributed by atoms with Crippen molar-refractivity contribution in [1.82, 2.24) is 10.2 Å². The first-order valence-electron chi connectivity index (χ1n) is 6.52. The minimum absolute atomic E-state index is 0.158. The second-order valence-electron chi connectivity index (χ2n) is 4.71. The predicted molar refractivity (Wildman–Crippen MR) is 73.6 cm³/mol. The molecule has 1 aliphatic heterocycles. The summed E-state index contributed by atoms with van der Waals surface area (Å²) >= 11 is 0. The van der Waals surface area contributed by atoms with Gasteiger partial charge in [-0.2, -0.15) is 0 Å². The molecule has 98 valence electrons. The predicted octanol–water partition coefficient (Wildman–Crippen LogP) is 1.31. The molecule has 0 aliphatic carbocycles. The Bertz CT molecular complexity index is 374. The van der Waals surface area contributed by atoms with Crippen LogP contribution in [0.3, 0.4) is 0 Å². The van der Waals surface area contributed by atoms with Gasteiger partial charge in [0.15, 0.2) is 0 Å². The van der Waals surface area contributed by atoms with Gasteiger partial charge in [0.05, 0.1) is 6.54 Å². The van der Waals surface area contributed by atoms with Gasteiger partial charge in [0.2, 0.25) is 5.91 Å². The van der Waals surface area contributed by atoms with E-state index in [1.807, 2.05) is 42.3 Å². The first-order chi connectivity index (χ1) is 8.77. The number of likely N-dealkylation sites (N-methyl/N-ethyl adjacent to an activating group) is 1. The zero-order valence-corrected chi connectivity index (χ0v) is 10.9. The maximum Gasteiger partial charge on any atom is 0.241 e. The van der Waals surface area contributed by atoms with E-state index in [0.717, 1.165) is 31.6 Å². The maximum absolute atomic E-state index is 12.1. The van der Waals surface area contributed by atoms with Crippen molar-refractivity contribution in [3.8, 4) is 0 Å². The summed E-state index contributed by atoms with van der Waals surface area (Å²) in [6.45, 7) is 2.38. The summed E-state index contributed by atoms with van der Waals surface area (Å²) in [6.07, 6.45) is 2.10. The second-order valence-corrected chi connectivity index (χ2v) is 4.71. The molecule has 1 heterocycles. The average molecular weight is 247 g/mol. The Morgan fingerprint density at radius 1 is 1.33 bits per heavy atom. The molecule has 0 radical (unpaired) electrons. The molecule has 0 unspecified atom stereocenters. The van der Waals surface area contributed by atoms with Crippen molar-refractivity contribution in [3.05, 3.63) is 30.3 Å². The lowest BCUT2D eigenvalue weighted by molar-refractivity contribution is -0.130. The average Bonchev–Trinajstić information content (AvgIpc) is 2.46. The number of carbonyl (C=O) groups is 1. The Kier molecular flexibility index (Phi) is 4.59. The summed E-state index contributed by atoms with van der Waals surface area (Å²) in [6, 6.07) is 10.2. The van der Waals surface area contributed by atoms with E-state index < -0.39 is 0 Å². The fraction of sp³-hybridized carbons (Fsp3) is 0.500. The normalized spacial score (nSPS) is 16.3. The van der Waals surface area contributed by atoms with Gasteiger partial charge in [0.25, 0.3) is 0 Å². The molecule has 1 aliphatic rings. The molecule has 1 fully saturated rings. The van der Waals surface area contributed by atoms with Crippen molar-refractivity contribution in [3.63, 3.8) is 0 Å². The standard InChI is InChI=1S/C14H21N3O/c1-17(13-7-9-15-10-8-13)14(18)11-16-12-5-3-2-4-6-12/h2-6,13,15-16H,7-11H2,1H3. The first kappa shape index (κ1) is 12.9. The highest BCUT2D eigenvalue weighted by Crippen LogP contribution is 2.10. The summed E-state index contributed by atoms with van der Waals surface area (Å²) in [5.74, 6) is 0.158. The highest BCUT2D eigenvalue weighted by atomic mass is 16.2. The Morgan fingerprint density at radius 3 is 2.67 bits per heavy atom. The van der Waals surface area contributed by atoms with Crippen LogP contribution in [-0.4, -0.2) is 43.5 Å². The number of para-hydroxylation sites is 1. The van der Waals surface area contributed by atoms with E-state index in [1.54, 1.807) is 0 Å². The van der Waals surface area contributed by atoms with Crippen LogP contribution in [0.2, 0.25) is 0 Å². The zero-order chi connectivity index (χ0) is 12.8. The number of rotatable bonds is 4. The van der Waals surface area contributed by atoms with E-state index in [4.69, 9.17) is 0 Å². The fourth-order valence-electron chi connectivity index (χ4n) is 2.26. The third-order valence-electron chi connectivity index (χ3n) is 3.47. The monoisotopic (exact) mass is 247 g/mol. The van der Waals surface area contributed by atoms with Gasteiger partial charge < -0.3 is 15.5 Å². The zero-order valence-electron chi connectivity index (χ0n) is 10.9. The molecule has 1 saturated heterocycles. The van der Waals surface area contributed by atoms with Gasteiger partial charge in [-0.3, -0.25) is 4.79 Å². The number of nitrogens with zero attached hydrogens (tertiary/aromatic N) is 1. The van der Waals surface area contributed by atoms with Crippen LogP contribution in [0.1, 0.15) is 12.8 Å². The Hall–Kier alpha value is -1.55. The van der Waals surface area contributed by atoms with E-state index in [-0.39, 0.29) is 5.91 Å². The van der Waals surface area contributed by atoms with Crippen LogP contribution < -0.4 is 10.6 Å². The van der Waals surface area contributed by atoms with Gasteiger partial charge in [0, 0.05) is 18.8 Å². The van der Waals surface area contributed by atoms with E-state index in [1.165, 1.54) is 0 Å². The molecule has 0 spiro atoms. The van der Waals surface area contributed by atoms with Crippen LogP contribution in [-0.2, 0) is 4.79 Å². The molecular weight excluding hydrogens is 226 g/mol. The summed E-state index contributed by atoms with van der Waals surface area (Å²) in [5.41, 5.74) is 0.990. The highest BCUT2D eigenvalue weighted by molar-refractivity contribution is 5.80. The number of benzene rings is 1. The van der Waals surface area contributed by atoms with E-state index in [9.17, 15) is 4.79 Å². The molecule has 1 aromatic rings. The number of nitrogens with one attached hydrogen (secondary N) is 2. The van der Waals surface area contributed by atoms with Gasteiger partial charge in [0.1, 0.15) is 0 Å². The number of amides is 1. The third-order valence-corrected chi connectivity index (χ3v) is 3.47. The van der Waals surface area contributed by atoms with Crippen LogP contribution >= 0.6 is 0 Å². The Labute approximate surface area is 108 Å². The first-order valence-corrected chi connectivity index (χ1v) is 6.52. The highest BCUT2D eigenvalue weighted by Gasteiger charge is 2.21. The van der Waals surface area contributed by atoms with Crippen molar-refractivity contribution in [2.45, 2.75) is 18.9 Å². The van der Waals surface area contributed by atoms with Crippen molar-refractivity contribution < 1.29 is 4.79 Å². The lowest BCUT2D eigenvalue weighted by atomic mass is 10.1. The van der Waals surface area contributed by atoms with Gasteiger partial charge in [-0.15, -0.1) is 0 Å². The molecule has 1 aromatic carbocycles. The lowest BCUT2D eigenvalue weighted by Crippen LogP contribution is -2.45. The molecule has 4 nitrogen and oxygen atoms in total. The van der Waals surface area contributed by atoms with Crippen molar-refractivity contribution >= 4 is 11.6 Å². The number of hydrogen-bond acceptors (Lipinski definition) is 3. The number of carbonyl (C=O) groups excluding carboxylic acids is 1. The molecule has 2 N–H and O–H groups in total. The van der Waals surface area contributed by atoms with Crippen molar-refractivity contribution in [2.24, 2.45) is 0 Å². The van der Waals surface area contributed by atoms with Crippen LogP contribution in [0.25, 0.3) is 0 Å². The van der Waals surface area contributed by atoms with E-state index in [0.29, 0.717) is 12.6 Å². The minimum atomic E-state index is 0.158. The summed E-state index contributed by atoms with van der Waals surface area (Å²) < 4.78 is 0. The number of hydrogen-bond donors (Lipinski definition) is 2. The molecule has 0 atom stereocenters. The van der Waals surface area contributed by atoms with Gasteiger partial charge in [-0.1, -0.05) is 18.2 Å². The van der Waals surface area contributed by atoms with Crippen molar-refractivity contribution in [2.75, 3.05) is 32.0 Å². The summed E-state index contributed by atoms with van der Waals surface area (Å²) in [7, 11) is 1.91. The van der Waals surface area contributed by atoms with Gasteiger partial charge in [-0.25, -0.2) is 0 Å². The molecule has 0 saturated carbocycles. The second kappa shape index (κ2) is 6.40. The Balaban J connectivity index is 1.80.